The van der Waals surface area contributed by atoms with Gasteiger partial charge in [-0.3, -0.25) is 4.79 Å². The van der Waals surface area contributed by atoms with Gasteiger partial charge in [-0.15, -0.1) is 11.8 Å². The van der Waals surface area contributed by atoms with E-state index in [1.165, 1.54) is 18.9 Å². The van der Waals surface area contributed by atoms with Crippen LogP contribution in [-0.2, 0) is 15.3 Å². The summed E-state index contributed by atoms with van der Waals surface area (Å²) in [5.41, 5.74) is 0.985. The third-order valence-corrected chi connectivity index (χ3v) is 4.18. The predicted octanol–water partition coefficient (Wildman–Crippen LogP) is 3.49. The van der Waals surface area contributed by atoms with Crippen LogP contribution >= 0.6 is 23.1 Å². The highest BCUT2D eigenvalue weighted by Gasteiger charge is 2.22. The number of ether oxygens (including phenoxy) is 1. The molecule has 17 heavy (non-hydrogen) atoms. The van der Waals surface area contributed by atoms with Crippen molar-refractivity contribution in [2.24, 2.45) is 0 Å². The molecule has 0 unspecified atom stereocenters. The maximum Gasteiger partial charge on any atom is 0.323 e. The van der Waals surface area contributed by atoms with E-state index in [1.807, 2.05) is 29.0 Å². The van der Waals surface area contributed by atoms with E-state index in [0.29, 0.717) is 5.75 Å². The van der Waals surface area contributed by atoms with Crippen molar-refractivity contribution in [1.82, 2.24) is 0 Å². The van der Waals surface area contributed by atoms with E-state index in [2.05, 4.69) is 0 Å². The number of thioether (sulfide) groups is 1. The summed E-state index contributed by atoms with van der Waals surface area (Å²) < 4.78 is 10.1. The summed E-state index contributed by atoms with van der Waals surface area (Å²) in [6, 6.07) is 5.68. The lowest BCUT2D eigenvalue weighted by atomic mass is 10.2. The SMILES string of the molecule is COC(=O)[C@@H](SCc1ccco1)c1ccsc1. The lowest BCUT2D eigenvalue weighted by Crippen LogP contribution is -2.10. The number of furan rings is 1. The van der Waals surface area contributed by atoms with Crippen molar-refractivity contribution in [1.29, 1.82) is 0 Å². The van der Waals surface area contributed by atoms with Gasteiger partial charge in [0.2, 0.25) is 0 Å². The first-order valence-electron chi connectivity index (χ1n) is 5.05. The highest BCUT2D eigenvalue weighted by molar-refractivity contribution is 7.99. The van der Waals surface area contributed by atoms with Gasteiger partial charge in [0.15, 0.2) is 0 Å². The molecule has 0 aliphatic heterocycles. The van der Waals surface area contributed by atoms with Gasteiger partial charge in [0, 0.05) is 0 Å². The Hall–Kier alpha value is -1.20. The van der Waals surface area contributed by atoms with Crippen LogP contribution in [-0.4, -0.2) is 13.1 Å². The van der Waals surface area contributed by atoms with Crippen molar-refractivity contribution in [3.05, 3.63) is 46.5 Å². The average Bonchev–Trinajstić information content (AvgIpc) is 3.01. The minimum absolute atomic E-state index is 0.222. The molecule has 0 aliphatic carbocycles. The molecule has 0 amide bonds. The standard InChI is InChI=1S/C12H12O3S2/c1-14-12(13)11(9-4-6-16-7-9)17-8-10-3-2-5-15-10/h2-7,11H,8H2,1H3/t11-/m0/s1. The molecule has 0 saturated heterocycles. The number of methoxy groups -OCH3 is 1. The largest absolute Gasteiger partial charge is 0.468 e. The molecule has 3 nitrogen and oxygen atoms in total. The Kier molecular flexibility index (Phi) is 4.28. The Morgan fingerprint density at radius 2 is 2.47 bits per heavy atom. The average molecular weight is 268 g/mol. The zero-order valence-electron chi connectivity index (χ0n) is 9.29. The molecule has 0 aliphatic rings. The topological polar surface area (TPSA) is 39.4 Å². The van der Waals surface area contributed by atoms with E-state index in [1.54, 1.807) is 17.6 Å². The molecule has 0 spiro atoms. The molecular weight excluding hydrogens is 256 g/mol. The molecule has 2 aromatic rings. The fraction of sp³-hybridized carbons (Fsp3) is 0.250. The quantitative estimate of drug-likeness (QED) is 0.778. The van der Waals surface area contributed by atoms with Gasteiger partial charge in [0.25, 0.3) is 0 Å². The molecule has 0 aromatic carbocycles. The Balaban J connectivity index is 2.04. The molecule has 1 atom stereocenters. The number of rotatable bonds is 5. The molecule has 90 valence electrons. The van der Waals surface area contributed by atoms with Gasteiger partial charge >= 0.3 is 5.97 Å². The molecule has 0 radical (unpaired) electrons. The normalized spacial score (nSPS) is 12.3. The van der Waals surface area contributed by atoms with Gasteiger partial charge in [0.1, 0.15) is 11.0 Å². The van der Waals surface area contributed by atoms with E-state index in [4.69, 9.17) is 9.15 Å². The van der Waals surface area contributed by atoms with Crippen LogP contribution in [0.3, 0.4) is 0 Å². The van der Waals surface area contributed by atoms with E-state index < -0.39 is 0 Å². The fourth-order valence-electron chi connectivity index (χ4n) is 1.39. The molecule has 0 N–H and O–H groups in total. The third-order valence-electron chi connectivity index (χ3n) is 2.23. The lowest BCUT2D eigenvalue weighted by molar-refractivity contribution is -0.140. The Morgan fingerprint density at radius 1 is 1.59 bits per heavy atom. The second kappa shape index (κ2) is 5.93. The number of thiophene rings is 1. The summed E-state index contributed by atoms with van der Waals surface area (Å²) in [4.78, 5) is 11.7. The maximum absolute atomic E-state index is 11.7. The highest BCUT2D eigenvalue weighted by atomic mass is 32.2. The van der Waals surface area contributed by atoms with Crippen molar-refractivity contribution in [2.45, 2.75) is 11.0 Å². The van der Waals surface area contributed by atoms with Crippen molar-refractivity contribution < 1.29 is 13.9 Å². The van der Waals surface area contributed by atoms with Crippen molar-refractivity contribution in [3.63, 3.8) is 0 Å². The van der Waals surface area contributed by atoms with Gasteiger partial charge in [-0.2, -0.15) is 11.3 Å². The van der Waals surface area contributed by atoms with Crippen LogP contribution in [0.1, 0.15) is 16.6 Å². The molecule has 2 heterocycles. The first-order valence-corrected chi connectivity index (χ1v) is 7.04. The number of hydrogen-bond acceptors (Lipinski definition) is 5. The Morgan fingerprint density at radius 3 is 3.06 bits per heavy atom. The number of esters is 1. The molecule has 0 fully saturated rings. The monoisotopic (exact) mass is 268 g/mol. The van der Waals surface area contributed by atoms with Gasteiger partial charge in [0.05, 0.1) is 19.1 Å². The van der Waals surface area contributed by atoms with Crippen LogP contribution in [0.15, 0.2) is 39.6 Å². The number of carbonyl (C=O) groups is 1. The van der Waals surface area contributed by atoms with Crippen molar-refractivity contribution in [3.8, 4) is 0 Å². The lowest BCUT2D eigenvalue weighted by Gasteiger charge is -2.11. The van der Waals surface area contributed by atoms with Gasteiger partial charge in [-0.1, -0.05) is 0 Å². The second-order valence-electron chi connectivity index (χ2n) is 3.35. The summed E-state index contributed by atoms with van der Waals surface area (Å²) in [6.45, 7) is 0. The summed E-state index contributed by atoms with van der Waals surface area (Å²) >= 11 is 3.08. The van der Waals surface area contributed by atoms with Crippen LogP contribution < -0.4 is 0 Å². The molecule has 2 rings (SSSR count). The summed E-state index contributed by atoms with van der Waals surface area (Å²) in [5, 5.41) is 3.64. The first-order chi connectivity index (χ1) is 8.31. The molecule has 2 aromatic heterocycles. The minimum atomic E-state index is -0.281. The maximum atomic E-state index is 11.7. The molecule has 5 heteroatoms. The van der Waals surface area contributed by atoms with Crippen molar-refractivity contribution in [2.75, 3.05) is 7.11 Å². The van der Waals surface area contributed by atoms with Gasteiger partial charge in [-0.25, -0.2) is 0 Å². The fourth-order valence-corrected chi connectivity index (χ4v) is 3.23. The predicted molar refractivity (Wildman–Crippen MR) is 69.1 cm³/mol. The van der Waals surface area contributed by atoms with E-state index >= 15 is 0 Å². The summed E-state index contributed by atoms with van der Waals surface area (Å²) in [5.74, 6) is 1.29. The molecular formula is C12H12O3S2. The summed E-state index contributed by atoms with van der Waals surface area (Å²) in [7, 11) is 1.41. The van der Waals surface area contributed by atoms with E-state index in [9.17, 15) is 4.79 Å². The van der Waals surface area contributed by atoms with Crippen LogP contribution in [0.25, 0.3) is 0 Å². The van der Waals surface area contributed by atoms with Crippen LogP contribution in [0.2, 0.25) is 0 Å². The van der Waals surface area contributed by atoms with E-state index in [0.717, 1.165) is 11.3 Å². The zero-order valence-corrected chi connectivity index (χ0v) is 10.9. The second-order valence-corrected chi connectivity index (χ2v) is 5.22. The highest BCUT2D eigenvalue weighted by Crippen LogP contribution is 2.33. The molecule has 0 bridgehead atoms. The summed E-state index contributed by atoms with van der Waals surface area (Å²) in [6.07, 6.45) is 1.63. The molecule has 0 saturated carbocycles. The zero-order chi connectivity index (χ0) is 12.1. The number of hydrogen-bond donors (Lipinski definition) is 0. The van der Waals surface area contributed by atoms with Gasteiger partial charge < -0.3 is 9.15 Å². The Labute approximate surface area is 108 Å². The van der Waals surface area contributed by atoms with Crippen LogP contribution in [0.4, 0.5) is 0 Å². The smallest absolute Gasteiger partial charge is 0.323 e. The third kappa shape index (κ3) is 3.14. The van der Waals surface area contributed by atoms with Crippen molar-refractivity contribution >= 4 is 29.1 Å². The van der Waals surface area contributed by atoms with Gasteiger partial charge in [-0.05, 0) is 34.5 Å². The minimum Gasteiger partial charge on any atom is -0.468 e. The van der Waals surface area contributed by atoms with Crippen LogP contribution in [0, 0.1) is 0 Å². The number of carbonyl (C=O) groups excluding carboxylic acids is 1. The van der Waals surface area contributed by atoms with Crippen LogP contribution in [0.5, 0.6) is 0 Å². The Bertz CT molecular complexity index is 448. The van der Waals surface area contributed by atoms with E-state index in [-0.39, 0.29) is 11.2 Å². The first kappa shape index (κ1) is 12.3.